The van der Waals surface area contributed by atoms with E-state index in [0.29, 0.717) is 35.8 Å². The Bertz CT molecular complexity index is 713. The lowest BCUT2D eigenvalue weighted by Gasteiger charge is -2.13. The molecule has 2 N–H and O–H groups in total. The number of hydrogen-bond donors (Lipinski definition) is 2. The molecule has 1 heterocycles. The van der Waals surface area contributed by atoms with E-state index in [9.17, 15) is 0 Å². The van der Waals surface area contributed by atoms with Crippen LogP contribution < -0.4 is 15.4 Å². The first kappa shape index (κ1) is 18.5. The van der Waals surface area contributed by atoms with Gasteiger partial charge in [-0.25, -0.2) is 0 Å². The zero-order valence-corrected chi connectivity index (χ0v) is 15.6. The summed E-state index contributed by atoms with van der Waals surface area (Å²) in [6.07, 6.45) is 0. The first-order chi connectivity index (χ1) is 11.5. The third-order valence-corrected chi connectivity index (χ3v) is 4.39. The number of nitrogens with one attached hydrogen (secondary N) is 2. The molecule has 0 aliphatic rings. The van der Waals surface area contributed by atoms with Crippen LogP contribution in [0.3, 0.4) is 0 Å². The standard InChI is InChI=1S/C17H22Cl2N4O/c1-4-24-14-7-5-6-12(8-14)10-21-17(20-2)22-11-13-9-15(18)16(19)23(13)3/h5-9H,4,10-11H2,1-3H3,(H2,20,21,22). The van der Waals surface area contributed by atoms with Crippen molar-refractivity contribution >= 4 is 29.2 Å². The highest BCUT2D eigenvalue weighted by molar-refractivity contribution is 6.41. The molecule has 0 aliphatic carbocycles. The molecule has 0 unspecified atom stereocenters. The third-order valence-electron chi connectivity index (χ3n) is 3.55. The summed E-state index contributed by atoms with van der Waals surface area (Å²) < 4.78 is 7.35. The molecular weight excluding hydrogens is 347 g/mol. The van der Waals surface area contributed by atoms with E-state index in [2.05, 4.69) is 15.6 Å². The Hall–Kier alpha value is -1.85. The highest BCUT2D eigenvalue weighted by Crippen LogP contribution is 2.24. The van der Waals surface area contributed by atoms with Gasteiger partial charge in [0, 0.05) is 26.3 Å². The second-order valence-corrected chi connectivity index (χ2v) is 5.96. The molecule has 0 amide bonds. The summed E-state index contributed by atoms with van der Waals surface area (Å²) in [4.78, 5) is 4.22. The number of rotatable bonds is 6. The lowest BCUT2D eigenvalue weighted by Crippen LogP contribution is -2.36. The van der Waals surface area contributed by atoms with Crippen LogP contribution in [-0.4, -0.2) is 24.2 Å². The van der Waals surface area contributed by atoms with E-state index in [1.165, 1.54) is 0 Å². The number of aliphatic imine (C=N–C) groups is 1. The molecule has 2 rings (SSSR count). The van der Waals surface area contributed by atoms with E-state index in [1.807, 2.05) is 48.9 Å². The predicted molar refractivity (Wildman–Crippen MR) is 100 cm³/mol. The van der Waals surface area contributed by atoms with Gasteiger partial charge in [-0.1, -0.05) is 35.3 Å². The number of ether oxygens (including phenoxy) is 1. The number of guanidine groups is 1. The Kier molecular flexibility index (Phi) is 6.82. The van der Waals surface area contributed by atoms with Gasteiger partial charge in [-0.05, 0) is 30.7 Å². The molecule has 0 bridgehead atoms. The predicted octanol–water partition coefficient (Wildman–Crippen LogP) is 3.60. The number of halogens is 2. The van der Waals surface area contributed by atoms with Crippen molar-refractivity contribution in [2.45, 2.75) is 20.0 Å². The molecule has 0 fully saturated rings. The number of benzene rings is 1. The van der Waals surface area contributed by atoms with Gasteiger partial charge in [0.05, 0.1) is 18.2 Å². The molecule has 5 nitrogen and oxygen atoms in total. The monoisotopic (exact) mass is 368 g/mol. The fraction of sp³-hybridized carbons (Fsp3) is 0.353. The molecule has 0 spiro atoms. The highest BCUT2D eigenvalue weighted by Gasteiger charge is 2.09. The van der Waals surface area contributed by atoms with E-state index in [1.54, 1.807) is 7.05 Å². The van der Waals surface area contributed by atoms with E-state index >= 15 is 0 Å². The zero-order valence-electron chi connectivity index (χ0n) is 14.1. The molecule has 7 heteroatoms. The Labute approximate surface area is 152 Å². The topological polar surface area (TPSA) is 50.6 Å². The van der Waals surface area contributed by atoms with Gasteiger partial charge in [0.15, 0.2) is 5.96 Å². The van der Waals surface area contributed by atoms with Crippen molar-refractivity contribution in [2.24, 2.45) is 12.0 Å². The maximum absolute atomic E-state index is 6.07. The summed E-state index contributed by atoms with van der Waals surface area (Å²) in [5.41, 5.74) is 2.10. The average Bonchev–Trinajstić information content (AvgIpc) is 2.83. The fourth-order valence-electron chi connectivity index (χ4n) is 2.25. The maximum atomic E-state index is 6.07. The van der Waals surface area contributed by atoms with Crippen LogP contribution in [0.2, 0.25) is 10.2 Å². The summed E-state index contributed by atoms with van der Waals surface area (Å²) in [7, 11) is 3.61. The van der Waals surface area contributed by atoms with E-state index in [4.69, 9.17) is 27.9 Å². The van der Waals surface area contributed by atoms with Crippen LogP contribution in [0.4, 0.5) is 0 Å². The minimum Gasteiger partial charge on any atom is -0.494 e. The number of hydrogen-bond acceptors (Lipinski definition) is 2. The van der Waals surface area contributed by atoms with Gasteiger partial charge in [-0.2, -0.15) is 0 Å². The Balaban J connectivity index is 1.90. The Morgan fingerprint density at radius 1 is 1.21 bits per heavy atom. The van der Waals surface area contributed by atoms with Gasteiger partial charge in [-0.3, -0.25) is 4.99 Å². The first-order valence-corrected chi connectivity index (χ1v) is 8.46. The molecule has 2 aromatic rings. The van der Waals surface area contributed by atoms with Crippen LogP contribution in [0.25, 0.3) is 0 Å². The van der Waals surface area contributed by atoms with E-state index in [-0.39, 0.29) is 0 Å². The van der Waals surface area contributed by atoms with Crippen molar-refractivity contribution in [1.82, 2.24) is 15.2 Å². The largest absolute Gasteiger partial charge is 0.494 e. The summed E-state index contributed by atoms with van der Waals surface area (Å²) >= 11 is 12.1. The van der Waals surface area contributed by atoms with Gasteiger partial charge in [0.1, 0.15) is 10.9 Å². The first-order valence-electron chi connectivity index (χ1n) is 7.71. The van der Waals surface area contributed by atoms with Crippen LogP contribution in [0.15, 0.2) is 35.3 Å². The SMILES string of the molecule is CCOc1cccc(CNC(=NC)NCc2cc(Cl)c(Cl)n2C)c1. The minimum atomic E-state index is 0.532. The molecule has 0 atom stereocenters. The Morgan fingerprint density at radius 2 is 1.96 bits per heavy atom. The quantitative estimate of drug-likeness (QED) is 0.604. The maximum Gasteiger partial charge on any atom is 0.191 e. The third kappa shape index (κ3) is 4.82. The second-order valence-electron chi connectivity index (χ2n) is 5.19. The van der Waals surface area contributed by atoms with Crippen molar-refractivity contribution in [1.29, 1.82) is 0 Å². The summed E-state index contributed by atoms with van der Waals surface area (Å²) in [6, 6.07) is 9.82. The van der Waals surface area contributed by atoms with Crippen molar-refractivity contribution in [3.05, 3.63) is 51.8 Å². The molecule has 0 saturated heterocycles. The van der Waals surface area contributed by atoms with Crippen LogP contribution in [0.1, 0.15) is 18.2 Å². The lowest BCUT2D eigenvalue weighted by atomic mass is 10.2. The number of nitrogens with zero attached hydrogens (tertiary/aromatic N) is 2. The van der Waals surface area contributed by atoms with Gasteiger partial charge >= 0.3 is 0 Å². The minimum absolute atomic E-state index is 0.532. The molecule has 0 radical (unpaired) electrons. The van der Waals surface area contributed by atoms with Crippen molar-refractivity contribution in [2.75, 3.05) is 13.7 Å². The van der Waals surface area contributed by atoms with Gasteiger partial charge in [0.25, 0.3) is 0 Å². The molecular formula is C17H22Cl2N4O. The summed E-state index contributed by atoms with van der Waals surface area (Å²) in [5, 5.41) is 7.60. The highest BCUT2D eigenvalue weighted by atomic mass is 35.5. The summed E-state index contributed by atoms with van der Waals surface area (Å²) in [5.74, 6) is 1.57. The molecule has 1 aromatic heterocycles. The van der Waals surface area contributed by atoms with Crippen molar-refractivity contribution in [3.63, 3.8) is 0 Å². The van der Waals surface area contributed by atoms with E-state index in [0.717, 1.165) is 17.0 Å². The lowest BCUT2D eigenvalue weighted by molar-refractivity contribution is 0.340. The van der Waals surface area contributed by atoms with Gasteiger partial charge in [0.2, 0.25) is 0 Å². The van der Waals surface area contributed by atoms with Crippen LogP contribution in [0.5, 0.6) is 5.75 Å². The molecule has 24 heavy (non-hydrogen) atoms. The van der Waals surface area contributed by atoms with Gasteiger partial charge < -0.3 is 19.9 Å². The zero-order chi connectivity index (χ0) is 17.5. The van der Waals surface area contributed by atoms with E-state index < -0.39 is 0 Å². The van der Waals surface area contributed by atoms with Crippen LogP contribution >= 0.6 is 23.2 Å². The summed E-state index contributed by atoms with van der Waals surface area (Å²) in [6.45, 7) is 3.84. The fourth-order valence-corrected chi connectivity index (χ4v) is 2.67. The normalized spacial score (nSPS) is 11.5. The van der Waals surface area contributed by atoms with Crippen LogP contribution in [-0.2, 0) is 20.1 Å². The average molecular weight is 369 g/mol. The second kappa shape index (κ2) is 8.85. The molecule has 0 saturated carbocycles. The van der Waals surface area contributed by atoms with Crippen molar-refractivity contribution < 1.29 is 4.74 Å². The molecule has 130 valence electrons. The van der Waals surface area contributed by atoms with Gasteiger partial charge in [-0.15, -0.1) is 0 Å². The van der Waals surface area contributed by atoms with Crippen LogP contribution in [0, 0.1) is 0 Å². The van der Waals surface area contributed by atoms with Crippen molar-refractivity contribution in [3.8, 4) is 5.75 Å². The smallest absolute Gasteiger partial charge is 0.191 e. The molecule has 0 aliphatic heterocycles. The number of aromatic nitrogens is 1. The Morgan fingerprint density at radius 3 is 2.58 bits per heavy atom. The molecule has 1 aromatic carbocycles.